The van der Waals surface area contributed by atoms with Crippen molar-refractivity contribution in [2.24, 2.45) is 0 Å². The van der Waals surface area contributed by atoms with Crippen LogP contribution in [0, 0.1) is 6.92 Å². The van der Waals surface area contributed by atoms with Crippen LogP contribution in [0.4, 0.5) is 5.69 Å². The lowest BCUT2D eigenvalue weighted by Crippen LogP contribution is -2.25. The summed E-state index contributed by atoms with van der Waals surface area (Å²) >= 11 is 0. The molecule has 3 rings (SSSR count). The normalized spacial score (nSPS) is 11.0. The van der Waals surface area contributed by atoms with E-state index in [1.807, 2.05) is 25.9 Å². The fourth-order valence-electron chi connectivity index (χ4n) is 3.59. The summed E-state index contributed by atoms with van der Waals surface area (Å²) in [5.41, 5.74) is 5.38. The third-order valence-corrected chi connectivity index (χ3v) is 4.67. The molecule has 0 fully saturated rings. The maximum absolute atomic E-state index is 12.5. The molecule has 0 unspecified atom stereocenters. The van der Waals surface area contributed by atoms with Crippen LogP contribution in [0.2, 0.25) is 0 Å². The zero-order valence-corrected chi connectivity index (χ0v) is 14.8. The van der Waals surface area contributed by atoms with Crippen LogP contribution in [0.15, 0.2) is 47.3 Å². The van der Waals surface area contributed by atoms with Gasteiger partial charge in [-0.1, -0.05) is 49.4 Å². The summed E-state index contributed by atoms with van der Waals surface area (Å²) in [4.78, 5) is 17.5. The highest BCUT2D eigenvalue weighted by Crippen LogP contribution is 2.27. The number of nitrogens with zero attached hydrogens (tertiary/aromatic N) is 1. The van der Waals surface area contributed by atoms with Crippen LogP contribution in [-0.4, -0.2) is 19.1 Å². The quantitative estimate of drug-likeness (QED) is 0.787. The molecule has 1 N–H and O–H groups in total. The van der Waals surface area contributed by atoms with Crippen molar-refractivity contribution >= 4 is 16.5 Å². The van der Waals surface area contributed by atoms with Crippen LogP contribution in [0.25, 0.3) is 10.8 Å². The smallest absolute Gasteiger partial charge is 0.271 e. The molecular weight excluding hydrogens is 296 g/mol. The number of anilines is 1. The van der Waals surface area contributed by atoms with E-state index >= 15 is 0 Å². The van der Waals surface area contributed by atoms with Gasteiger partial charge in [0.05, 0.1) is 0 Å². The maximum atomic E-state index is 12.5. The Morgan fingerprint density at radius 1 is 1.00 bits per heavy atom. The van der Waals surface area contributed by atoms with Crippen molar-refractivity contribution in [3.63, 3.8) is 0 Å². The summed E-state index contributed by atoms with van der Waals surface area (Å²) in [6, 6.07) is 14.8. The molecule has 3 heteroatoms. The van der Waals surface area contributed by atoms with E-state index in [-0.39, 0.29) is 5.56 Å². The Kier molecular flexibility index (Phi) is 4.43. The lowest BCUT2D eigenvalue weighted by Gasteiger charge is -2.21. The number of H-pyrrole nitrogens is 1. The largest absolute Gasteiger partial charge is 0.373 e. The minimum Gasteiger partial charge on any atom is -0.373 e. The van der Waals surface area contributed by atoms with Gasteiger partial charge in [0.25, 0.3) is 5.56 Å². The van der Waals surface area contributed by atoms with E-state index in [1.54, 1.807) is 0 Å². The van der Waals surface area contributed by atoms with E-state index < -0.39 is 0 Å². The summed E-state index contributed by atoms with van der Waals surface area (Å²) < 4.78 is 0. The number of fused-ring (bicyclic) bond motifs is 1. The van der Waals surface area contributed by atoms with Crippen LogP contribution in [0.1, 0.15) is 29.3 Å². The molecule has 0 radical (unpaired) electrons. The summed E-state index contributed by atoms with van der Waals surface area (Å²) in [7, 11) is 3.87. The van der Waals surface area contributed by atoms with E-state index in [1.165, 1.54) is 21.9 Å². The van der Waals surface area contributed by atoms with E-state index in [2.05, 4.69) is 54.4 Å². The van der Waals surface area contributed by atoms with Crippen LogP contribution in [-0.2, 0) is 12.8 Å². The summed E-state index contributed by atoms with van der Waals surface area (Å²) in [6.07, 6.45) is 1.67. The van der Waals surface area contributed by atoms with Crippen LogP contribution < -0.4 is 10.5 Å². The van der Waals surface area contributed by atoms with Gasteiger partial charge in [0.2, 0.25) is 0 Å². The molecule has 0 spiro atoms. The minimum atomic E-state index is -0.00932. The van der Waals surface area contributed by atoms with Crippen LogP contribution in [0.5, 0.6) is 0 Å². The van der Waals surface area contributed by atoms with Crippen molar-refractivity contribution in [2.75, 3.05) is 19.0 Å². The molecular formula is C21H24N2O. The summed E-state index contributed by atoms with van der Waals surface area (Å²) in [5.74, 6) is 0. The van der Waals surface area contributed by atoms with Gasteiger partial charge in [-0.05, 0) is 40.8 Å². The molecule has 24 heavy (non-hydrogen) atoms. The third-order valence-electron chi connectivity index (χ3n) is 4.67. The number of nitrogens with one attached hydrogen (secondary N) is 1. The molecule has 3 aromatic rings. The predicted octanol–water partition coefficient (Wildman–Crippen LogP) is 4.06. The summed E-state index contributed by atoms with van der Waals surface area (Å²) in [6.45, 7) is 4.14. The Bertz CT molecular complexity index is 933. The van der Waals surface area contributed by atoms with Crippen molar-refractivity contribution in [2.45, 2.75) is 26.7 Å². The monoisotopic (exact) mass is 320 g/mol. The Balaban J connectivity index is 2.24. The van der Waals surface area contributed by atoms with Gasteiger partial charge < -0.3 is 9.88 Å². The van der Waals surface area contributed by atoms with Crippen molar-refractivity contribution < 1.29 is 0 Å². The molecule has 0 saturated heterocycles. The average molecular weight is 320 g/mol. The molecule has 0 saturated carbocycles. The highest BCUT2D eigenvalue weighted by Gasteiger charge is 2.17. The highest BCUT2D eigenvalue weighted by atomic mass is 16.1. The number of pyridine rings is 1. The molecule has 3 nitrogen and oxygen atoms in total. The van der Waals surface area contributed by atoms with E-state index in [9.17, 15) is 4.79 Å². The molecule has 124 valence electrons. The molecule has 1 heterocycles. The molecule has 0 amide bonds. The standard InChI is InChI=1S/C21H24N2O/c1-5-17-14(2)22-21(24)20(23(3)4)19(17)13-16-11-8-10-15-9-6-7-12-18(15)16/h6-12H,5,13H2,1-4H3,(H,22,24). The van der Waals surface area contributed by atoms with Gasteiger partial charge in [-0.3, -0.25) is 4.79 Å². The van der Waals surface area contributed by atoms with Crippen molar-refractivity contribution in [1.29, 1.82) is 0 Å². The second-order valence-electron chi connectivity index (χ2n) is 6.45. The highest BCUT2D eigenvalue weighted by molar-refractivity contribution is 5.86. The second-order valence-corrected chi connectivity index (χ2v) is 6.45. The number of hydrogen-bond donors (Lipinski definition) is 1. The van der Waals surface area contributed by atoms with Crippen molar-refractivity contribution in [3.8, 4) is 0 Å². The fourth-order valence-corrected chi connectivity index (χ4v) is 3.59. The number of rotatable bonds is 4. The van der Waals surface area contributed by atoms with Gasteiger partial charge in [-0.25, -0.2) is 0 Å². The van der Waals surface area contributed by atoms with Gasteiger partial charge in [0.1, 0.15) is 5.69 Å². The zero-order chi connectivity index (χ0) is 17.3. The topological polar surface area (TPSA) is 36.1 Å². The first-order chi connectivity index (χ1) is 11.5. The fraction of sp³-hybridized carbons (Fsp3) is 0.286. The van der Waals surface area contributed by atoms with Gasteiger partial charge >= 0.3 is 0 Å². The average Bonchev–Trinajstić information content (AvgIpc) is 2.54. The number of aryl methyl sites for hydroxylation is 1. The number of aromatic nitrogens is 1. The first kappa shape index (κ1) is 16.3. The first-order valence-corrected chi connectivity index (χ1v) is 8.41. The second kappa shape index (κ2) is 6.52. The van der Waals surface area contributed by atoms with Gasteiger partial charge in [-0.2, -0.15) is 0 Å². The Labute approximate surface area is 143 Å². The molecule has 0 aliphatic carbocycles. The van der Waals surface area contributed by atoms with E-state index in [0.29, 0.717) is 0 Å². The summed E-state index contributed by atoms with van der Waals surface area (Å²) in [5, 5.41) is 2.49. The molecule has 2 aromatic carbocycles. The van der Waals surface area contributed by atoms with Gasteiger partial charge in [0, 0.05) is 26.2 Å². The molecule has 0 aliphatic rings. The molecule has 0 aliphatic heterocycles. The van der Waals surface area contributed by atoms with Gasteiger partial charge in [0.15, 0.2) is 0 Å². The Hall–Kier alpha value is -2.55. The molecule has 0 bridgehead atoms. The number of benzene rings is 2. The number of aromatic amines is 1. The van der Waals surface area contributed by atoms with Gasteiger partial charge in [-0.15, -0.1) is 0 Å². The zero-order valence-electron chi connectivity index (χ0n) is 14.8. The lowest BCUT2D eigenvalue weighted by atomic mass is 9.93. The predicted molar refractivity (Wildman–Crippen MR) is 102 cm³/mol. The lowest BCUT2D eigenvalue weighted by molar-refractivity contribution is 0.949. The maximum Gasteiger partial charge on any atom is 0.271 e. The first-order valence-electron chi connectivity index (χ1n) is 8.41. The molecule has 0 atom stereocenters. The molecule has 1 aromatic heterocycles. The van der Waals surface area contributed by atoms with Crippen LogP contribution >= 0.6 is 0 Å². The Morgan fingerprint density at radius 3 is 2.42 bits per heavy atom. The van der Waals surface area contributed by atoms with Crippen molar-refractivity contribution in [3.05, 3.63) is 75.2 Å². The number of hydrogen-bond acceptors (Lipinski definition) is 2. The van der Waals surface area contributed by atoms with Crippen molar-refractivity contribution in [1.82, 2.24) is 4.98 Å². The van der Waals surface area contributed by atoms with Crippen LogP contribution in [0.3, 0.4) is 0 Å². The minimum absolute atomic E-state index is 0.00932. The SMILES string of the molecule is CCc1c(C)[nH]c(=O)c(N(C)C)c1Cc1cccc2ccccc12. The Morgan fingerprint density at radius 2 is 1.71 bits per heavy atom. The van der Waals surface area contributed by atoms with E-state index in [4.69, 9.17) is 0 Å². The van der Waals surface area contributed by atoms with E-state index in [0.717, 1.165) is 29.8 Å². The third kappa shape index (κ3) is 2.82.